The minimum Gasteiger partial charge on any atom is -0.481 e. The van der Waals surface area contributed by atoms with E-state index in [9.17, 15) is 14.0 Å². The lowest BCUT2D eigenvalue weighted by Gasteiger charge is -2.08. The summed E-state index contributed by atoms with van der Waals surface area (Å²) in [7, 11) is 0. The van der Waals surface area contributed by atoms with Crippen LogP contribution in [0.5, 0.6) is 0 Å². The van der Waals surface area contributed by atoms with Crippen molar-refractivity contribution < 1.29 is 19.1 Å². The zero-order valence-electron chi connectivity index (χ0n) is 9.74. The molecule has 0 aromatic heterocycles. The van der Waals surface area contributed by atoms with Crippen molar-refractivity contribution in [3.8, 4) is 0 Å². The number of carbonyl (C=O) groups is 2. The van der Waals surface area contributed by atoms with Gasteiger partial charge >= 0.3 is 5.97 Å². The Morgan fingerprint density at radius 1 is 1.50 bits per heavy atom. The fourth-order valence-corrected chi connectivity index (χ4v) is 1.65. The summed E-state index contributed by atoms with van der Waals surface area (Å²) < 4.78 is 14.0. The fraction of sp³-hybridized carbons (Fsp3) is 0.333. The summed E-state index contributed by atoms with van der Waals surface area (Å²) in [4.78, 5) is 22.2. The van der Waals surface area contributed by atoms with Crippen molar-refractivity contribution in [2.75, 3.05) is 6.54 Å². The molecule has 2 N–H and O–H groups in total. The summed E-state index contributed by atoms with van der Waals surface area (Å²) in [5.41, 5.74) is -0.0626. The topological polar surface area (TPSA) is 66.4 Å². The van der Waals surface area contributed by atoms with Crippen LogP contribution in [0, 0.1) is 11.7 Å². The van der Waals surface area contributed by atoms with E-state index in [-0.39, 0.29) is 12.1 Å². The molecule has 1 aromatic carbocycles. The minimum absolute atomic E-state index is 0.0626. The summed E-state index contributed by atoms with van der Waals surface area (Å²) in [5.74, 6) is -2.62. The predicted molar refractivity (Wildman–Crippen MR) is 67.9 cm³/mol. The first-order valence-corrected chi connectivity index (χ1v) is 6.17. The first-order chi connectivity index (χ1) is 8.41. The Hall–Kier alpha value is -1.43. The van der Waals surface area contributed by atoms with Gasteiger partial charge in [-0.3, -0.25) is 9.59 Å². The van der Waals surface area contributed by atoms with E-state index >= 15 is 0 Å². The van der Waals surface area contributed by atoms with E-state index in [1.165, 1.54) is 18.2 Å². The first kappa shape index (κ1) is 14.6. The molecule has 18 heavy (non-hydrogen) atoms. The Morgan fingerprint density at radius 2 is 2.17 bits per heavy atom. The summed E-state index contributed by atoms with van der Waals surface area (Å²) in [6.45, 7) is 1.74. The predicted octanol–water partition coefficient (Wildman–Crippen LogP) is 2.43. The molecule has 0 saturated heterocycles. The molecule has 0 fully saturated rings. The monoisotopic (exact) mass is 317 g/mol. The van der Waals surface area contributed by atoms with Crippen molar-refractivity contribution in [2.45, 2.75) is 13.3 Å². The Bertz CT molecular complexity index is 465. The number of halogens is 2. The van der Waals surface area contributed by atoms with Crippen molar-refractivity contribution in [3.05, 3.63) is 34.1 Å². The van der Waals surface area contributed by atoms with E-state index in [0.717, 1.165) is 0 Å². The van der Waals surface area contributed by atoms with E-state index in [4.69, 9.17) is 5.11 Å². The standard InChI is InChI=1S/C12H13BrFNO3/c1-7(12(17)18)4-5-15-11(16)9-6-8(13)2-3-10(9)14/h2-3,6-7H,4-5H2,1H3,(H,15,16)(H,17,18). The number of aliphatic carboxylic acids is 1. The van der Waals surface area contributed by atoms with Gasteiger partial charge in [0, 0.05) is 11.0 Å². The highest BCUT2D eigenvalue weighted by Gasteiger charge is 2.14. The average Bonchev–Trinajstić information content (AvgIpc) is 2.31. The molecule has 1 unspecified atom stereocenters. The number of benzene rings is 1. The van der Waals surface area contributed by atoms with E-state index in [0.29, 0.717) is 10.9 Å². The van der Waals surface area contributed by atoms with Gasteiger partial charge in [-0.25, -0.2) is 4.39 Å². The van der Waals surface area contributed by atoms with Crippen LogP contribution in [0.2, 0.25) is 0 Å². The van der Waals surface area contributed by atoms with Gasteiger partial charge in [0.2, 0.25) is 0 Å². The lowest BCUT2D eigenvalue weighted by Crippen LogP contribution is -2.27. The molecule has 0 spiro atoms. The SMILES string of the molecule is CC(CCNC(=O)c1cc(Br)ccc1F)C(=O)O. The van der Waals surface area contributed by atoms with Crippen LogP contribution in [-0.4, -0.2) is 23.5 Å². The highest BCUT2D eigenvalue weighted by atomic mass is 79.9. The van der Waals surface area contributed by atoms with E-state index in [2.05, 4.69) is 21.2 Å². The summed E-state index contributed by atoms with van der Waals surface area (Å²) in [5, 5.41) is 11.2. The summed E-state index contributed by atoms with van der Waals surface area (Å²) in [6.07, 6.45) is 0.302. The molecule has 1 aromatic rings. The van der Waals surface area contributed by atoms with Gasteiger partial charge in [0.05, 0.1) is 11.5 Å². The van der Waals surface area contributed by atoms with Gasteiger partial charge in [0.15, 0.2) is 0 Å². The third kappa shape index (κ3) is 4.10. The van der Waals surface area contributed by atoms with Crippen LogP contribution in [0.15, 0.2) is 22.7 Å². The van der Waals surface area contributed by atoms with Crippen LogP contribution in [0.4, 0.5) is 4.39 Å². The van der Waals surface area contributed by atoms with Gasteiger partial charge in [-0.15, -0.1) is 0 Å². The van der Waals surface area contributed by atoms with Crippen LogP contribution in [-0.2, 0) is 4.79 Å². The van der Waals surface area contributed by atoms with E-state index in [1.807, 2.05) is 0 Å². The van der Waals surface area contributed by atoms with Gasteiger partial charge in [-0.05, 0) is 24.6 Å². The summed E-state index contributed by atoms with van der Waals surface area (Å²) >= 11 is 3.15. The lowest BCUT2D eigenvalue weighted by atomic mass is 10.1. The summed E-state index contributed by atoms with van der Waals surface area (Å²) in [6, 6.07) is 4.07. The number of carboxylic acids is 1. The van der Waals surface area contributed by atoms with Crippen molar-refractivity contribution in [1.29, 1.82) is 0 Å². The lowest BCUT2D eigenvalue weighted by molar-refractivity contribution is -0.141. The first-order valence-electron chi connectivity index (χ1n) is 5.38. The largest absolute Gasteiger partial charge is 0.481 e. The Balaban J connectivity index is 2.55. The maximum absolute atomic E-state index is 13.4. The van der Waals surface area contributed by atoms with Crippen molar-refractivity contribution in [2.24, 2.45) is 5.92 Å². The average molecular weight is 318 g/mol. The normalized spacial score (nSPS) is 11.9. The Labute approximate surface area is 112 Å². The molecule has 0 aliphatic heterocycles. The molecule has 0 aliphatic carbocycles. The number of carbonyl (C=O) groups excluding carboxylic acids is 1. The number of carboxylic acid groups (broad SMARTS) is 1. The maximum Gasteiger partial charge on any atom is 0.306 e. The molecule has 0 bridgehead atoms. The van der Waals surface area contributed by atoms with Gasteiger partial charge in [-0.2, -0.15) is 0 Å². The van der Waals surface area contributed by atoms with Crippen molar-refractivity contribution in [1.82, 2.24) is 5.32 Å². The molecule has 0 saturated carbocycles. The number of hydrogen-bond donors (Lipinski definition) is 2. The molecular formula is C12H13BrFNO3. The van der Waals surface area contributed by atoms with Gasteiger partial charge in [-0.1, -0.05) is 22.9 Å². The molecule has 0 heterocycles. The van der Waals surface area contributed by atoms with Crippen LogP contribution in [0.25, 0.3) is 0 Å². The van der Waals surface area contributed by atoms with Gasteiger partial charge < -0.3 is 10.4 Å². The number of amides is 1. The van der Waals surface area contributed by atoms with Crippen LogP contribution in [0.3, 0.4) is 0 Å². The van der Waals surface area contributed by atoms with E-state index in [1.54, 1.807) is 6.92 Å². The molecule has 4 nitrogen and oxygen atoms in total. The Morgan fingerprint density at radius 3 is 2.78 bits per heavy atom. The fourth-order valence-electron chi connectivity index (χ4n) is 1.29. The van der Waals surface area contributed by atoms with Crippen LogP contribution >= 0.6 is 15.9 Å². The maximum atomic E-state index is 13.4. The quantitative estimate of drug-likeness (QED) is 0.876. The second-order valence-corrected chi connectivity index (χ2v) is 4.82. The molecular weight excluding hydrogens is 305 g/mol. The third-order valence-electron chi connectivity index (χ3n) is 2.46. The Kier molecular flexibility index (Phi) is 5.27. The molecule has 1 rings (SSSR count). The second-order valence-electron chi connectivity index (χ2n) is 3.91. The zero-order valence-corrected chi connectivity index (χ0v) is 11.3. The second kappa shape index (κ2) is 6.49. The molecule has 1 amide bonds. The van der Waals surface area contributed by atoms with Crippen molar-refractivity contribution >= 4 is 27.8 Å². The smallest absolute Gasteiger partial charge is 0.306 e. The molecule has 1 atom stereocenters. The van der Waals surface area contributed by atoms with Crippen LogP contribution < -0.4 is 5.32 Å². The number of hydrogen-bond acceptors (Lipinski definition) is 2. The van der Waals surface area contributed by atoms with Gasteiger partial charge in [0.25, 0.3) is 5.91 Å². The van der Waals surface area contributed by atoms with Crippen LogP contribution in [0.1, 0.15) is 23.7 Å². The minimum atomic E-state index is -0.919. The number of rotatable bonds is 5. The highest BCUT2D eigenvalue weighted by Crippen LogP contribution is 2.15. The third-order valence-corrected chi connectivity index (χ3v) is 2.95. The molecule has 0 radical (unpaired) electrons. The highest BCUT2D eigenvalue weighted by molar-refractivity contribution is 9.10. The molecule has 6 heteroatoms. The molecule has 0 aliphatic rings. The molecule has 98 valence electrons. The van der Waals surface area contributed by atoms with E-state index < -0.39 is 23.6 Å². The zero-order chi connectivity index (χ0) is 13.7. The van der Waals surface area contributed by atoms with Gasteiger partial charge in [0.1, 0.15) is 5.82 Å². The number of nitrogens with one attached hydrogen (secondary N) is 1. The van der Waals surface area contributed by atoms with Crippen molar-refractivity contribution in [3.63, 3.8) is 0 Å².